The molecule has 0 unspecified atom stereocenters. The lowest BCUT2D eigenvalue weighted by Crippen LogP contribution is -2.51. The van der Waals surface area contributed by atoms with Gasteiger partial charge in [0.25, 0.3) is 5.91 Å². The first-order chi connectivity index (χ1) is 15.9. The van der Waals surface area contributed by atoms with E-state index in [0.29, 0.717) is 12.3 Å². The lowest BCUT2D eigenvalue weighted by atomic mass is 9.95. The zero-order valence-corrected chi connectivity index (χ0v) is 20.2. The summed E-state index contributed by atoms with van der Waals surface area (Å²) < 4.78 is 11.0. The summed E-state index contributed by atoms with van der Waals surface area (Å²) in [6, 6.07) is 12.9. The van der Waals surface area contributed by atoms with Crippen molar-refractivity contribution in [3.05, 3.63) is 59.2 Å². The molecule has 1 N–H and O–H groups in total. The summed E-state index contributed by atoms with van der Waals surface area (Å²) in [5.41, 5.74) is 3.20. The third kappa shape index (κ3) is 6.98. The molecule has 0 radical (unpaired) electrons. The molecular formula is C27H36N2O4. The lowest BCUT2D eigenvalue weighted by molar-refractivity contribution is -0.142. The molecule has 1 saturated carbocycles. The van der Waals surface area contributed by atoms with Crippen molar-refractivity contribution in [1.82, 2.24) is 10.2 Å². The van der Waals surface area contributed by atoms with E-state index in [1.165, 1.54) is 12.0 Å². The van der Waals surface area contributed by atoms with Gasteiger partial charge in [0, 0.05) is 12.6 Å². The smallest absolute Gasteiger partial charge is 0.261 e. The third-order valence-electron chi connectivity index (χ3n) is 6.47. The Morgan fingerprint density at radius 3 is 2.30 bits per heavy atom. The molecular weight excluding hydrogens is 416 g/mol. The summed E-state index contributed by atoms with van der Waals surface area (Å²) in [7, 11) is 1.62. The second kappa shape index (κ2) is 11.7. The average Bonchev–Trinajstić information content (AvgIpc) is 2.83. The van der Waals surface area contributed by atoms with Gasteiger partial charge in [-0.2, -0.15) is 0 Å². The number of nitrogens with one attached hydrogen (secondary N) is 1. The van der Waals surface area contributed by atoms with E-state index < -0.39 is 6.04 Å². The molecule has 1 aliphatic carbocycles. The third-order valence-corrected chi connectivity index (χ3v) is 6.47. The number of hydrogen-bond acceptors (Lipinski definition) is 4. The molecule has 2 aromatic rings. The van der Waals surface area contributed by atoms with Crippen molar-refractivity contribution in [3.63, 3.8) is 0 Å². The number of methoxy groups -OCH3 is 1. The van der Waals surface area contributed by atoms with Crippen LogP contribution in [0.25, 0.3) is 0 Å². The fraction of sp³-hybridized carbons (Fsp3) is 0.481. The first kappa shape index (κ1) is 24.6. The normalized spacial score (nSPS) is 14.9. The predicted octanol–water partition coefficient (Wildman–Crippen LogP) is 4.56. The minimum absolute atomic E-state index is 0.116. The largest absolute Gasteiger partial charge is 0.497 e. The molecule has 178 valence electrons. The summed E-state index contributed by atoms with van der Waals surface area (Å²) in [6.45, 7) is 6.03. The average molecular weight is 453 g/mol. The van der Waals surface area contributed by atoms with Crippen LogP contribution in [0, 0.1) is 13.8 Å². The van der Waals surface area contributed by atoms with Crippen molar-refractivity contribution in [2.75, 3.05) is 13.7 Å². The van der Waals surface area contributed by atoms with Crippen LogP contribution in [0.2, 0.25) is 0 Å². The van der Waals surface area contributed by atoms with Gasteiger partial charge in [0.2, 0.25) is 5.91 Å². The van der Waals surface area contributed by atoms with Crippen LogP contribution < -0.4 is 14.8 Å². The quantitative estimate of drug-likeness (QED) is 0.606. The zero-order chi connectivity index (χ0) is 23.8. The van der Waals surface area contributed by atoms with Gasteiger partial charge >= 0.3 is 0 Å². The highest BCUT2D eigenvalue weighted by molar-refractivity contribution is 5.88. The molecule has 6 nitrogen and oxygen atoms in total. The number of aryl methyl sites for hydroxylation is 2. The number of carbonyl (C=O) groups is 2. The Morgan fingerprint density at radius 1 is 1.00 bits per heavy atom. The maximum atomic E-state index is 13.2. The lowest BCUT2D eigenvalue weighted by Gasteiger charge is -2.31. The van der Waals surface area contributed by atoms with Crippen molar-refractivity contribution in [2.45, 2.75) is 71.5 Å². The van der Waals surface area contributed by atoms with Gasteiger partial charge in [-0.25, -0.2) is 0 Å². The van der Waals surface area contributed by atoms with Crippen LogP contribution in [-0.4, -0.2) is 42.5 Å². The van der Waals surface area contributed by atoms with Crippen molar-refractivity contribution >= 4 is 11.8 Å². The second-order valence-corrected chi connectivity index (χ2v) is 8.92. The molecule has 2 aromatic carbocycles. The number of carbonyl (C=O) groups excluding carboxylic acids is 2. The van der Waals surface area contributed by atoms with Crippen LogP contribution in [0.5, 0.6) is 11.5 Å². The minimum Gasteiger partial charge on any atom is -0.497 e. The van der Waals surface area contributed by atoms with E-state index in [1.807, 2.05) is 56.3 Å². The van der Waals surface area contributed by atoms with E-state index >= 15 is 0 Å². The maximum Gasteiger partial charge on any atom is 0.261 e. The number of amides is 2. The van der Waals surface area contributed by atoms with Gasteiger partial charge in [0.1, 0.15) is 17.5 Å². The Hall–Kier alpha value is -3.02. The van der Waals surface area contributed by atoms with Crippen LogP contribution in [-0.2, 0) is 16.1 Å². The highest BCUT2D eigenvalue weighted by Crippen LogP contribution is 2.20. The number of rotatable bonds is 9. The molecule has 0 spiro atoms. The van der Waals surface area contributed by atoms with Gasteiger partial charge in [0.05, 0.1) is 7.11 Å². The molecule has 0 aromatic heterocycles. The fourth-order valence-corrected chi connectivity index (χ4v) is 4.11. The number of ether oxygens (including phenoxy) is 2. The van der Waals surface area contributed by atoms with Gasteiger partial charge < -0.3 is 19.7 Å². The Kier molecular flexibility index (Phi) is 8.75. The van der Waals surface area contributed by atoms with Crippen LogP contribution >= 0.6 is 0 Å². The molecule has 2 amide bonds. The number of hydrogen-bond donors (Lipinski definition) is 1. The summed E-state index contributed by atoms with van der Waals surface area (Å²) in [4.78, 5) is 27.9. The predicted molar refractivity (Wildman–Crippen MR) is 129 cm³/mol. The Balaban J connectivity index is 1.71. The molecule has 1 fully saturated rings. The summed E-state index contributed by atoms with van der Waals surface area (Å²) in [6.07, 6.45) is 5.50. The topological polar surface area (TPSA) is 67.9 Å². The van der Waals surface area contributed by atoms with Crippen LogP contribution in [0.4, 0.5) is 0 Å². The standard InChI is InChI=1S/C27H36N2O4/c1-19-10-13-25(16-20(19)2)33-18-26(30)29(17-22-11-14-24(32-4)15-12-22)21(3)27(31)28-23-8-6-5-7-9-23/h10-16,21,23H,5-9,17-18H2,1-4H3,(H,28,31)/t21-/m0/s1. The fourth-order valence-electron chi connectivity index (χ4n) is 4.11. The second-order valence-electron chi connectivity index (χ2n) is 8.92. The zero-order valence-electron chi connectivity index (χ0n) is 20.2. The summed E-state index contributed by atoms with van der Waals surface area (Å²) >= 11 is 0. The van der Waals surface area contributed by atoms with Gasteiger partial charge in [-0.05, 0) is 74.6 Å². The molecule has 6 heteroatoms. The first-order valence-electron chi connectivity index (χ1n) is 11.8. The van der Waals surface area contributed by atoms with E-state index in [9.17, 15) is 9.59 Å². The van der Waals surface area contributed by atoms with Crippen molar-refractivity contribution in [1.29, 1.82) is 0 Å². The van der Waals surface area contributed by atoms with E-state index in [0.717, 1.165) is 42.6 Å². The Morgan fingerprint density at radius 2 is 1.67 bits per heavy atom. The molecule has 1 atom stereocenters. The van der Waals surface area contributed by atoms with Crippen LogP contribution in [0.15, 0.2) is 42.5 Å². The van der Waals surface area contributed by atoms with Gasteiger partial charge in [0.15, 0.2) is 6.61 Å². The van der Waals surface area contributed by atoms with Gasteiger partial charge in [-0.3, -0.25) is 9.59 Å². The molecule has 33 heavy (non-hydrogen) atoms. The molecule has 1 aliphatic rings. The first-order valence-corrected chi connectivity index (χ1v) is 11.8. The SMILES string of the molecule is COc1ccc(CN(C(=O)COc2ccc(C)c(C)c2)[C@@H](C)C(=O)NC2CCCCC2)cc1. The highest BCUT2D eigenvalue weighted by Gasteiger charge is 2.28. The van der Waals surface area contributed by atoms with Crippen LogP contribution in [0.3, 0.4) is 0 Å². The van der Waals surface area contributed by atoms with Gasteiger partial charge in [-0.1, -0.05) is 37.5 Å². The van der Waals surface area contributed by atoms with E-state index in [1.54, 1.807) is 18.9 Å². The van der Waals surface area contributed by atoms with Crippen molar-refractivity contribution < 1.29 is 19.1 Å². The Bertz CT molecular complexity index is 936. The highest BCUT2D eigenvalue weighted by atomic mass is 16.5. The number of nitrogens with zero attached hydrogens (tertiary/aromatic N) is 1. The molecule has 3 rings (SSSR count). The molecule has 0 bridgehead atoms. The van der Waals surface area contributed by atoms with Crippen LogP contribution in [0.1, 0.15) is 55.7 Å². The van der Waals surface area contributed by atoms with Crippen molar-refractivity contribution in [3.8, 4) is 11.5 Å². The van der Waals surface area contributed by atoms with E-state index in [2.05, 4.69) is 5.32 Å². The van der Waals surface area contributed by atoms with Crippen molar-refractivity contribution in [2.24, 2.45) is 0 Å². The maximum absolute atomic E-state index is 13.2. The molecule has 0 aliphatic heterocycles. The summed E-state index contributed by atoms with van der Waals surface area (Å²) in [5.74, 6) is 1.05. The van der Waals surface area contributed by atoms with E-state index in [4.69, 9.17) is 9.47 Å². The monoisotopic (exact) mass is 452 g/mol. The molecule has 0 heterocycles. The van der Waals surface area contributed by atoms with E-state index in [-0.39, 0.29) is 24.5 Å². The van der Waals surface area contributed by atoms with Gasteiger partial charge in [-0.15, -0.1) is 0 Å². The number of benzene rings is 2. The minimum atomic E-state index is -0.607. The molecule has 0 saturated heterocycles. The Labute approximate surface area is 197 Å². The summed E-state index contributed by atoms with van der Waals surface area (Å²) in [5, 5.41) is 3.15.